The van der Waals surface area contributed by atoms with Crippen molar-refractivity contribution in [1.29, 1.82) is 0 Å². The molecular weight excluding hydrogens is 358 g/mol. The highest BCUT2D eigenvalue weighted by atomic mass is 35.5. The summed E-state index contributed by atoms with van der Waals surface area (Å²) in [5.74, 6) is 0.383. The maximum Gasteiger partial charge on any atom is 0.338 e. The number of rotatable bonds is 3. The molecule has 0 fully saturated rings. The number of carbonyl (C=O) groups is 1. The summed E-state index contributed by atoms with van der Waals surface area (Å²) in [6.45, 7) is 4.02. The number of anilines is 1. The first-order valence-electron chi connectivity index (χ1n) is 7.96. The van der Waals surface area contributed by atoms with E-state index >= 15 is 0 Å². The highest BCUT2D eigenvalue weighted by Crippen LogP contribution is 2.41. The maximum atomic E-state index is 12.7. The first-order chi connectivity index (χ1) is 12.1. The number of carbonyl (C=O) groups excluding carboxylic acids is 1. The zero-order valence-corrected chi connectivity index (χ0v) is 15.3. The van der Waals surface area contributed by atoms with Crippen molar-refractivity contribution in [2.24, 2.45) is 0 Å². The Labute approximate surface area is 153 Å². The average molecular weight is 374 g/mol. The fraction of sp³-hybridized carbons (Fsp3) is 0.222. The molecule has 1 atom stereocenters. The Kier molecular flexibility index (Phi) is 4.01. The van der Waals surface area contributed by atoms with Crippen LogP contribution < -0.4 is 5.32 Å². The lowest BCUT2D eigenvalue weighted by Crippen LogP contribution is -2.28. The molecular formula is C18H16ClN3O2S. The van der Waals surface area contributed by atoms with Crippen LogP contribution in [-0.4, -0.2) is 22.1 Å². The van der Waals surface area contributed by atoms with E-state index in [0.717, 1.165) is 21.6 Å². The number of halogens is 1. The third kappa shape index (κ3) is 2.62. The average Bonchev–Trinajstić information content (AvgIpc) is 3.20. The van der Waals surface area contributed by atoms with E-state index in [1.54, 1.807) is 11.3 Å². The summed E-state index contributed by atoms with van der Waals surface area (Å²) in [6.07, 6.45) is 0. The summed E-state index contributed by atoms with van der Waals surface area (Å²) in [4.78, 5) is 18.4. The van der Waals surface area contributed by atoms with Crippen LogP contribution in [0.25, 0.3) is 11.0 Å². The molecule has 0 saturated heterocycles. The van der Waals surface area contributed by atoms with E-state index in [4.69, 9.17) is 16.3 Å². The number of fused-ring (bicyclic) bond motifs is 3. The maximum absolute atomic E-state index is 12.7. The molecule has 0 radical (unpaired) electrons. The van der Waals surface area contributed by atoms with E-state index in [2.05, 4.69) is 10.3 Å². The van der Waals surface area contributed by atoms with E-state index in [0.29, 0.717) is 23.2 Å². The molecule has 5 nitrogen and oxygen atoms in total. The van der Waals surface area contributed by atoms with Gasteiger partial charge in [-0.1, -0.05) is 17.7 Å². The number of benzene rings is 1. The highest BCUT2D eigenvalue weighted by molar-refractivity contribution is 7.10. The fourth-order valence-corrected chi connectivity index (χ4v) is 4.17. The summed E-state index contributed by atoms with van der Waals surface area (Å²) in [5, 5.41) is 5.88. The molecule has 25 heavy (non-hydrogen) atoms. The topological polar surface area (TPSA) is 56.1 Å². The first-order valence-corrected chi connectivity index (χ1v) is 9.21. The number of nitrogens with zero attached hydrogens (tertiary/aromatic N) is 2. The number of hydrogen-bond acceptors (Lipinski definition) is 5. The van der Waals surface area contributed by atoms with Crippen molar-refractivity contribution in [3.8, 4) is 0 Å². The van der Waals surface area contributed by atoms with Crippen molar-refractivity contribution in [1.82, 2.24) is 9.55 Å². The number of hydrogen-bond donors (Lipinski definition) is 1. The molecule has 3 heterocycles. The molecule has 1 aliphatic heterocycles. The Morgan fingerprint density at radius 2 is 2.28 bits per heavy atom. The molecule has 0 saturated carbocycles. The van der Waals surface area contributed by atoms with Crippen LogP contribution in [-0.2, 0) is 9.53 Å². The van der Waals surface area contributed by atoms with Crippen LogP contribution in [0, 0.1) is 0 Å². The van der Waals surface area contributed by atoms with Gasteiger partial charge >= 0.3 is 5.97 Å². The van der Waals surface area contributed by atoms with Crippen molar-refractivity contribution in [3.05, 3.63) is 56.9 Å². The van der Waals surface area contributed by atoms with E-state index in [-0.39, 0.29) is 12.0 Å². The van der Waals surface area contributed by atoms with E-state index in [9.17, 15) is 4.79 Å². The number of thiophene rings is 1. The van der Waals surface area contributed by atoms with Gasteiger partial charge in [0.1, 0.15) is 6.04 Å². The molecule has 1 aromatic carbocycles. The van der Waals surface area contributed by atoms with Gasteiger partial charge in [-0.05, 0) is 43.5 Å². The minimum absolute atomic E-state index is 0.276. The lowest BCUT2D eigenvalue weighted by atomic mass is 10.0. The fourth-order valence-electron chi connectivity index (χ4n) is 3.18. The molecule has 0 amide bonds. The summed E-state index contributed by atoms with van der Waals surface area (Å²) < 4.78 is 7.35. The Balaban J connectivity index is 1.97. The normalized spacial score (nSPS) is 16.7. The second-order valence-electron chi connectivity index (χ2n) is 5.74. The Morgan fingerprint density at radius 3 is 3.00 bits per heavy atom. The Bertz CT molecular complexity index is 991. The molecule has 1 N–H and O–H groups in total. The second-order valence-corrected chi connectivity index (χ2v) is 7.16. The molecule has 3 aromatic rings. The van der Waals surface area contributed by atoms with Gasteiger partial charge in [0.25, 0.3) is 0 Å². The van der Waals surface area contributed by atoms with Gasteiger partial charge in [-0.15, -0.1) is 11.3 Å². The van der Waals surface area contributed by atoms with Crippen LogP contribution in [0.2, 0.25) is 5.02 Å². The number of nitrogens with one attached hydrogen (secondary N) is 1. The second kappa shape index (κ2) is 6.20. The van der Waals surface area contributed by atoms with Crippen LogP contribution in [0.5, 0.6) is 0 Å². The minimum Gasteiger partial charge on any atom is -0.463 e. The van der Waals surface area contributed by atoms with Gasteiger partial charge in [0.2, 0.25) is 5.95 Å². The minimum atomic E-state index is -0.313. The van der Waals surface area contributed by atoms with E-state index < -0.39 is 0 Å². The molecule has 2 aromatic heterocycles. The van der Waals surface area contributed by atoms with Gasteiger partial charge in [-0.3, -0.25) is 4.57 Å². The summed E-state index contributed by atoms with van der Waals surface area (Å²) >= 11 is 7.72. The van der Waals surface area contributed by atoms with E-state index in [1.807, 2.05) is 54.1 Å². The largest absolute Gasteiger partial charge is 0.463 e. The predicted molar refractivity (Wildman–Crippen MR) is 100 cm³/mol. The lowest BCUT2D eigenvalue weighted by molar-refractivity contribution is -0.139. The van der Waals surface area contributed by atoms with Gasteiger partial charge < -0.3 is 10.1 Å². The van der Waals surface area contributed by atoms with Gasteiger partial charge in [0.15, 0.2) is 0 Å². The number of allylic oxidation sites excluding steroid dienone is 1. The molecule has 128 valence electrons. The van der Waals surface area contributed by atoms with Crippen molar-refractivity contribution < 1.29 is 9.53 Å². The van der Waals surface area contributed by atoms with Crippen molar-refractivity contribution in [2.75, 3.05) is 11.9 Å². The Morgan fingerprint density at radius 1 is 1.44 bits per heavy atom. The number of esters is 1. The zero-order chi connectivity index (χ0) is 17.6. The monoisotopic (exact) mass is 373 g/mol. The lowest BCUT2D eigenvalue weighted by Gasteiger charge is -2.29. The van der Waals surface area contributed by atoms with Gasteiger partial charge in [0.05, 0.1) is 23.2 Å². The first kappa shape index (κ1) is 16.2. The quantitative estimate of drug-likeness (QED) is 0.681. The van der Waals surface area contributed by atoms with Crippen LogP contribution >= 0.6 is 22.9 Å². The van der Waals surface area contributed by atoms with Crippen LogP contribution in [0.3, 0.4) is 0 Å². The van der Waals surface area contributed by atoms with E-state index in [1.165, 1.54) is 0 Å². The highest BCUT2D eigenvalue weighted by Gasteiger charge is 2.35. The molecule has 1 aliphatic rings. The number of aromatic nitrogens is 2. The van der Waals surface area contributed by atoms with Crippen LogP contribution in [0.4, 0.5) is 5.95 Å². The standard InChI is InChI=1S/C18H16ClN3O2S/c1-3-24-17(23)15-10(2)20-18-21-12-9-11(19)6-7-13(12)22(18)16(15)14-5-4-8-25-14/h4-9,16H,3H2,1-2H3,(H,20,21). The number of ether oxygens (including phenoxy) is 1. The van der Waals surface area contributed by atoms with Gasteiger partial charge in [0, 0.05) is 15.6 Å². The molecule has 4 rings (SSSR count). The van der Waals surface area contributed by atoms with Crippen LogP contribution in [0.1, 0.15) is 24.8 Å². The summed E-state index contributed by atoms with van der Waals surface area (Å²) in [7, 11) is 0. The third-order valence-corrected chi connectivity index (χ3v) is 5.35. The zero-order valence-electron chi connectivity index (χ0n) is 13.7. The molecule has 0 spiro atoms. The van der Waals surface area contributed by atoms with Gasteiger partial charge in [-0.25, -0.2) is 9.78 Å². The molecule has 0 aliphatic carbocycles. The summed E-state index contributed by atoms with van der Waals surface area (Å²) in [5.41, 5.74) is 3.06. The van der Waals surface area contributed by atoms with Crippen molar-refractivity contribution in [3.63, 3.8) is 0 Å². The smallest absolute Gasteiger partial charge is 0.338 e. The van der Waals surface area contributed by atoms with Crippen LogP contribution in [0.15, 0.2) is 47.0 Å². The van der Waals surface area contributed by atoms with Crippen molar-refractivity contribution in [2.45, 2.75) is 19.9 Å². The number of imidazole rings is 1. The molecule has 7 heteroatoms. The van der Waals surface area contributed by atoms with Gasteiger partial charge in [-0.2, -0.15) is 0 Å². The van der Waals surface area contributed by atoms with Crippen molar-refractivity contribution >= 4 is 45.9 Å². The summed E-state index contributed by atoms with van der Waals surface area (Å²) in [6, 6.07) is 9.32. The third-order valence-electron chi connectivity index (χ3n) is 4.19. The Hall–Kier alpha value is -2.31. The molecule has 1 unspecified atom stereocenters. The SMILES string of the molecule is CCOC(=O)C1=C(C)Nc2nc3cc(Cl)ccc3n2C1c1cccs1. The predicted octanol–water partition coefficient (Wildman–Crippen LogP) is 4.60. The molecule has 0 bridgehead atoms.